The van der Waals surface area contributed by atoms with Gasteiger partial charge < -0.3 is 9.47 Å². The summed E-state index contributed by atoms with van der Waals surface area (Å²) >= 11 is 0. The topological polar surface area (TPSA) is 48.7 Å². The van der Waals surface area contributed by atoms with Crippen LogP contribution in [0, 0.1) is 0 Å². The summed E-state index contributed by atoms with van der Waals surface area (Å²) in [6.07, 6.45) is 5.52. The molecule has 0 N–H and O–H groups in total. The van der Waals surface area contributed by atoms with Crippen molar-refractivity contribution in [2.45, 2.75) is 6.61 Å². The fourth-order valence-corrected chi connectivity index (χ4v) is 1.84. The number of hydrogen-bond acceptors (Lipinski definition) is 4. The van der Waals surface area contributed by atoms with Crippen LogP contribution < -0.4 is 9.47 Å². The number of hydrogen-bond donors (Lipinski definition) is 0. The van der Waals surface area contributed by atoms with Crippen molar-refractivity contribution in [1.82, 2.24) is 14.4 Å². The zero-order chi connectivity index (χ0) is 13.1. The van der Waals surface area contributed by atoms with Gasteiger partial charge in [0.15, 0.2) is 11.5 Å². The highest BCUT2D eigenvalue weighted by Crippen LogP contribution is 2.26. The van der Waals surface area contributed by atoms with Crippen LogP contribution in [-0.2, 0) is 6.61 Å². The lowest BCUT2D eigenvalue weighted by atomic mass is 10.3. The molecule has 96 valence electrons. The van der Waals surface area contributed by atoms with Gasteiger partial charge in [0.1, 0.15) is 6.61 Å². The average molecular weight is 255 g/mol. The largest absolute Gasteiger partial charge is 0.493 e. The Balaban J connectivity index is 1.78. The number of methoxy groups -OCH3 is 1. The molecule has 0 radical (unpaired) electrons. The molecule has 5 heteroatoms. The van der Waals surface area contributed by atoms with E-state index in [2.05, 4.69) is 9.97 Å². The predicted molar refractivity (Wildman–Crippen MR) is 70.3 cm³/mol. The molecule has 0 amide bonds. The highest BCUT2D eigenvalue weighted by molar-refractivity contribution is 5.39. The minimum atomic E-state index is 0.379. The van der Waals surface area contributed by atoms with Crippen molar-refractivity contribution in [2.75, 3.05) is 7.11 Å². The van der Waals surface area contributed by atoms with Crippen LogP contribution in [0.15, 0.2) is 48.9 Å². The number of nitrogens with zero attached hydrogens (tertiary/aromatic N) is 3. The predicted octanol–water partition coefficient (Wildman–Crippen LogP) is 2.32. The van der Waals surface area contributed by atoms with E-state index in [9.17, 15) is 0 Å². The maximum absolute atomic E-state index is 5.72. The molecule has 1 aromatic carbocycles. The lowest BCUT2D eigenvalue weighted by molar-refractivity contribution is 0.281. The Labute approximate surface area is 110 Å². The smallest absolute Gasteiger partial charge is 0.234 e. The maximum atomic E-state index is 5.72. The second-order valence-electron chi connectivity index (χ2n) is 4.00. The van der Waals surface area contributed by atoms with Gasteiger partial charge in [-0.15, -0.1) is 0 Å². The van der Waals surface area contributed by atoms with Crippen molar-refractivity contribution in [2.24, 2.45) is 0 Å². The van der Waals surface area contributed by atoms with E-state index in [1.54, 1.807) is 13.3 Å². The van der Waals surface area contributed by atoms with Gasteiger partial charge in [-0.25, -0.2) is 9.97 Å². The summed E-state index contributed by atoms with van der Waals surface area (Å²) in [5.74, 6) is 2.08. The van der Waals surface area contributed by atoms with Crippen LogP contribution in [0.3, 0.4) is 0 Å². The van der Waals surface area contributed by atoms with E-state index in [1.165, 1.54) is 0 Å². The van der Waals surface area contributed by atoms with Crippen LogP contribution in [0.5, 0.6) is 11.5 Å². The van der Waals surface area contributed by atoms with Crippen LogP contribution >= 0.6 is 0 Å². The molecule has 0 atom stereocenters. The Kier molecular flexibility index (Phi) is 3.02. The molecule has 0 unspecified atom stereocenters. The average Bonchev–Trinajstić information content (AvgIpc) is 2.88. The van der Waals surface area contributed by atoms with E-state index in [0.717, 1.165) is 5.69 Å². The number of fused-ring (bicyclic) bond motifs is 1. The highest BCUT2D eigenvalue weighted by atomic mass is 16.5. The van der Waals surface area contributed by atoms with E-state index in [-0.39, 0.29) is 0 Å². The second kappa shape index (κ2) is 4.97. The van der Waals surface area contributed by atoms with Crippen LogP contribution in [0.25, 0.3) is 5.78 Å². The molecule has 0 fully saturated rings. The number of benzene rings is 1. The van der Waals surface area contributed by atoms with Crippen molar-refractivity contribution < 1.29 is 9.47 Å². The number of rotatable bonds is 4. The number of para-hydroxylation sites is 2. The third kappa shape index (κ3) is 2.35. The second-order valence-corrected chi connectivity index (χ2v) is 4.00. The summed E-state index contributed by atoms with van der Waals surface area (Å²) in [5.41, 5.74) is 0.824. The molecule has 2 aromatic heterocycles. The van der Waals surface area contributed by atoms with Crippen molar-refractivity contribution in [3.8, 4) is 11.5 Å². The van der Waals surface area contributed by atoms with E-state index in [1.807, 2.05) is 47.1 Å². The molecule has 5 nitrogen and oxygen atoms in total. The van der Waals surface area contributed by atoms with Crippen molar-refractivity contribution >= 4 is 5.78 Å². The zero-order valence-electron chi connectivity index (χ0n) is 10.5. The molecule has 0 bridgehead atoms. The van der Waals surface area contributed by atoms with Gasteiger partial charge in [-0.2, -0.15) is 0 Å². The lowest BCUT2D eigenvalue weighted by Crippen LogP contribution is -1.97. The Morgan fingerprint density at radius 1 is 1.16 bits per heavy atom. The third-order valence-corrected chi connectivity index (χ3v) is 2.73. The molecule has 2 heterocycles. The first-order valence-corrected chi connectivity index (χ1v) is 5.91. The van der Waals surface area contributed by atoms with Gasteiger partial charge in [-0.1, -0.05) is 12.1 Å². The summed E-state index contributed by atoms with van der Waals surface area (Å²) < 4.78 is 12.8. The van der Waals surface area contributed by atoms with Crippen molar-refractivity contribution in [1.29, 1.82) is 0 Å². The Morgan fingerprint density at radius 3 is 2.79 bits per heavy atom. The summed E-state index contributed by atoms with van der Waals surface area (Å²) in [4.78, 5) is 8.53. The minimum Gasteiger partial charge on any atom is -0.493 e. The summed E-state index contributed by atoms with van der Waals surface area (Å²) in [6, 6.07) is 9.40. The zero-order valence-corrected chi connectivity index (χ0v) is 10.5. The molecular formula is C14H13N3O2. The monoisotopic (exact) mass is 255 g/mol. The molecule has 0 aliphatic carbocycles. The first-order valence-electron chi connectivity index (χ1n) is 5.91. The molecule has 0 saturated heterocycles. The number of ether oxygens (including phenoxy) is 2. The molecule has 0 spiro atoms. The summed E-state index contributed by atoms with van der Waals surface area (Å²) in [7, 11) is 1.62. The Bertz CT molecular complexity index is 661. The van der Waals surface area contributed by atoms with Crippen molar-refractivity contribution in [3.63, 3.8) is 0 Å². The van der Waals surface area contributed by atoms with E-state index in [0.29, 0.717) is 23.9 Å². The molecular weight excluding hydrogens is 242 g/mol. The molecule has 0 saturated carbocycles. The van der Waals surface area contributed by atoms with Crippen molar-refractivity contribution in [3.05, 3.63) is 54.6 Å². The lowest BCUT2D eigenvalue weighted by Gasteiger charge is -2.08. The summed E-state index contributed by atoms with van der Waals surface area (Å²) in [6.45, 7) is 0.379. The number of imidazole rings is 1. The van der Waals surface area contributed by atoms with Gasteiger partial charge in [0, 0.05) is 18.6 Å². The SMILES string of the molecule is COc1ccccc1OCc1cn2cccnc2n1. The minimum absolute atomic E-state index is 0.379. The molecule has 3 rings (SSSR count). The van der Waals surface area contributed by atoms with E-state index >= 15 is 0 Å². The Morgan fingerprint density at radius 2 is 2.00 bits per heavy atom. The first-order chi connectivity index (χ1) is 9.36. The van der Waals surface area contributed by atoms with E-state index < -0.39 is 0 Å². The molecule has 19 heavy (non-hydrogen) atoms. The fraction of sp³-hybridized carbons (Fsp3) is 0.143. The van der Waals surface area contributed by atoms with Gasteiger partial charge in [0.05, 0.1) is 12.8 Å². The first kappa shape index (κ1) is 11.5. The number of aromatic nitrogens is 3. The van der Waals surface area contributed by atoms with Gasteiger partial charge in [0.2, 0.25) is 5.78 Å². The molecule has 3 aromatic rings. The fourth-order valence-electron chi connectivity index (χ4n) is 1.84. The quantitative estimate of drug-likeness (QED) is 0.717. The molecule has 0 aliphatic rings. The maximum Gasteiger partial charge on any atom is 0.234 e. The van der Waals surface area contributed by atoms with Gasteiger partial charge in [-0.3, -0.25) is 4.40 Å². The standard InChI is InChI=1S/C14H13N3O2/c1-18-12-5-2-3-6-13(12)19-10-11-9-17-8-4-7-15-14(17)16-11/h2-9H,10H2,1H3. The highest BCUT2D eigenvalue weighted by Gasteiger charge is 2.06. The van der Waals surface area contributed by atoms with Crippen LogP contribution in [-0.4, -0.2) is 21.5 Å². The van der Waals surface area contributed by atoms with Crippen LogP contribution in [0.4, 0.5) is 0 Å². The third-order valence-electron chi connectivity index (χ3n) is 2.73. The van der Waals surface area contributed by atoms with Crippen LogP contribution in [0.1, 0.15) is 5.69 Å². The molecule has 0 aliphatic heterocycles. The Hall–Kier alpha value is -2.56. The van der Waals surface area contributed by atoms with Gasteiger partial charge in [0.25, 0.3) is 0 Å². The van der Waals surface area contributed by atoms with Gasteiger partial charge in [-0.05, 0) is 18.2 Å². The van der Waals surface area contributed by atoms with Crippen LogP contribution in [0.2, 0.25) is 0 Å². The van der Waals surface area contributed by atoms with Gasteiger partial charge >= 0.3 is 0 Å². The normalized spacial score (nSPS) is 10.6. The van der Waals surface area contributed by atoms with E-state index in [4.69, 9.17) is 9.47 Å². The summed E-state index contributed by atoms with van der Waals surface area (Å²) in [5, 5.41) is 0.